The summed E-state index contributed by atoms with van der Waals surface area (Å²) in [5.41, 5.74) is 1.99. The summed E-state index contributed by atoms with van der Waals surface area (Å²) in [5.74, 6) is 0.111. The molecule has 0 aliphatic carbocycles. The molecule has 3 rings (SSSR count). The molecule has 1 unspecified atom stereocenters. The fraction of sp³-hybridized carbons (Fsp3) is 0.560. The van der Waals surface area contributed by atoms with Crippen molar-refractivity contribution < 1.29 is 19.1 Å². The standard InChI is InChI=1S/C25H36N4O4/c1-5-29-20(17-27-12-14-28(15-13-27)21(30)16-18(3)4)22(24(31)33-6-2)23(26-25(29)32)19-10-8-7-9-11-19/h7-11,18,23H,5-6,12-17H2,1-4H3,(H,26,32). The molecule has 1 saturated heterocycles. The Morgan fingerprint density at radius 2 is 1.76 bits per heavy atom. The van der Waals surface area contributed by atoms with Crippen molar-refractivity contribution in [1.29, 1.82) is 0 Å². The SMILES string of the molecule is CCOC(=O)C1=C(CN2CCN(C(=O)CC(C)C)CC2)N(CC)C(=O)NC1c1ccccc1. The highest BCUT2D eigenvalue weighted by Gasteiger charge is 2.38. The number of esters is 1. The number of nitrogens with zero attached hydrogens (tertiary/aromatic N) is 3. The van der Waals surface area contributed by atoms with Crippen molar-refractivity contribution >= 4 is 17.9 Å². The van der Waals surface area contributed by atoms with Gasteiger partial charge in [-0.2, -0.15) is 0 Å². The minimum absolute atomic E-state index is 0.187. The molecule has 2 aliphatic heterocycles. The van der Waals surface area contributed by atoms with E-state index >= 15 is 0 Å². The molecule has 0 saturated carbocycles. The van der Waals surface area contributed by atoms with Crippen LogP contribution in [0.3, 0.4) is 0 Å². The lowest BCUT2D eigenvalue weighted by molar-refractivity contribution is -0.139. The van der Waals surface area contributed by atoms with E-state index in [1.807, 2.05) is 56.0 Å². The number of nitrogens with one attached hydrogen (secondary N) is 1. The predicted molar refractivity (Wildman–Crippen MR) is 126 cm³/mol. The highest BCUT2D eigenvalue weighted by molar-refractivity contribution is 5.95. The molecule has 33 heavy (non-hydrogen) atoms. The topological polar surface area (TPSA) is 82.2 Å². The van der Waals surface area contributed by atoms with Gasteiger partial charge in [-0.3, -0.25) is 14.6 Å². The number of hydrogen-bond donors (Lipinski definition) is 1. The van der Waals surface area contributed by atoms with Gasteiger partial charge in [-0.1, -0.05) is 44.2 Å². The van der Waals surface area contributed by atoms with Crippen LogP contribution in [0, 0.1) is 5.92 Å². The van der Waals surface area contributed by atoms with Crippen molar-refractivity contribution in [1.82, 2.24) is 20.0 Å². The first-order valence-corrected chi connectivity index (χ1v) is 11.9. The second-order valence-electron chi connectivity index (χ2n) is 8.87. The Balaban J connectivity index is 1.88. The number of hydrogen-bond acceptors (Lipinski definition) is 5. The summed E-state index contributed by atoms with van der Waals surface area (Å²) in [5, 5.41) is 2.99. The van der Waals surface area contributed by atoms with Crippen LogP contribution in [0.1, 0.15) is 45.7 Å². The van der Waals surface area contributed by atoms with Crippen molar-refractivity contribution in [2.45, 2.75) is 40.2 Å². The van der Waals surface area contributed by atoms with Crippen molar-refractivity contribution in [2.75, 3.05) is 45.9 Å². The molecule has 0 bridgehead atoms. The highest BCUT2D eigenvalue weighted by Crippen LogP contribution is 2.32. The second-order valence-corrected chi connectivity index (χ2v) is 8.87. The molecule has 1 aromatic rings. The quantitative estimate of drug-likeness (QED) is 0.609. The zero-order valence-corrected chi connectivity index (χ0v) is 20.2. The van der Waals surface area contributed by atoms with E-state index in [9.17, 15) is 14.4 Å². The third kappa shape index (κ3) is 5.93. The largest absolute Gasteiger partial charge is 0.463 e. The van der Waals surface area contributed by atoms with Gasteiger partial charge >= 0.3 is 12.0 Å². The van der Waals surface area contributed by atoms with Gasteiger partial charge in [0.05, 0.1) is 18.2 Å². The predicted octanol–water partition coefficient (Wildman–Crippen LogP) is 2.78. The first-order chi connectivity index (χ1) is 15.8. The lowest BCUT2D eigenvalue weighted by atomic mass is 9.94. The summed E-state index contributed by atoms with van der Waals surface area (Å²) in [6, 6.07) is 8.71. The van der Waals surface area contributed by atoms with Gasteiger partial charge < -0.3 is 15.0 Å². The summed E-state index contributed by atoms with van der Waals surface area (Å²) in [6.07, 6.45) is 0.556. The van der Waals surface area contributed by atoms with E-state index in [0.29, 0.717) is 62.9 Å². The summed E-state index contributed by atoms with van der Waals surface area (Å²) >= 11 is 0. The summed E-state index contributed by atoms with van der Waals surface area (Å²) in [6.45, 7) is 11.6. The first-order valence-electron chi connectivity index (χ1n) is 11.9. The van der Waals surface area contributed by atoms with E-state index in [-0.39, 0.29) is 18.5 Å². The molecule has 2 heterocycles. The summed E-state index contributed by atoms with van der Waals surface area (Å²) < 4.78 is 5.42. The fourth-order valence-electron chi connectivity index (χ4n) is 4.40. The van der Waals surface area contributed by atoms with Gasteiger partial charge in [-0.15, -0.1) is 0 Å². The van der Waals surface area contributed by atoms with Crippen molar-refractivity contribution in [3.63, 3.8) is 0 Å². The first kappa shape index (κ1) is 24.8. The molecule has 1 fully saturated rings. The maximum Gasteiger partial charge on any atom is 0.338 e. The van der Waals surface area contributed by atoms with Gasteiger partial charge in [0, 0.05) is 51.4 Å². The van der Waals surface area contributed by atoms with Crippen LogP contribution in [0.25, 0.3) is 0 Å². The average molecular weight is 457 g/mol. The molecular weight excluding hydrogens is 420 g/mol. The van der Waals surface area contributed by atoms with E-state index in [4.69, 9.17) is 4.74 Å². The van der Waals surface area contributed by atoms with Gasteiger partial charge in [0.25, 0.3) is 0 Å². The van der Waals surface area contributed by atoms with Crippen LogP contribution in [0.5, 0.6) is 0 Å². The highest BCUT2D eigenvalue weighted by atomic mass is 16.5. The second kappa shape index (κ2) is 11.3. The zero-order chi connectivity index (χ0) is 24.0. The molecule has 0 radical (unpaired) electrons. The van der Waals surface area contributed by atoms with E-state index in [1.54, 1.807) is 11.8 Å². The van der Waals surface area contributed by atoms with Crippen molar-refractivity contribution in [3.8, 4) is 0 Å². The normalized spacial score (nSPS) is 19.7. The molecule has 8 nitrogen and oxygen atoms in total. The fourth-order valence-corrected chi connectivity index (χ4v) is 4.40. The van der Waals surface area contributed by atoms with Crippen molar-refractivity contribution in [2.24, 2.45) is 5.92 Å². The Hall–Kier alpha value is -2.87. The Morgan fingerprint density at radius 1 is 1.09 bits per heavy atom. The van der Waals surface area contributed by atoms with Crippen LogP contribution in [-0.2, 0) is 14.3 Å². The van der Waals surface area contributed by atoms with Gasteiger partial charge in [0.2, 0.25) is 5.91 Å². The smallest absolute Gasteiger partial charge is 0.338 e. The summed E-state index contributed by atoms with van der Waals surface area (Å²) in [7, 11) is 0. The Bertz CT molecular complexity index is 876. The van der Waals surface area contributed by atoms with E-state index in [1.165, 1.54) is 0 Å². The number of amides is 3. The van der Waals surface area contributed by atoms with Gasteiger partial charge in [0.1, 0.15) is 0 Å². The Kier molecular flexibility index (Phi) is 8.49. The number of carbonyl (C=O) groups excluding carboxylic acids is 3. The Morgan fingerprint density at radius 3 is 2.33 bits per heavy atom. The van der Waals surface area contributed by atoms with Gasteiger partial charge in [-0.25, -0.2) is 9.59 Å². The van der Waals surface area contributed by atoms with Crippen molar-refractivity contribution in [3.05, 3.63) is 47.2 Å². The van der Waals surface area contributed by atoms with Crippen LogP contribution in [-0.4, -0.2) is 78.5 Å². The Labute approximate surface area is 196 Å². The van der Waals surface area contributed by atoms with Gasteiger partial charge in [0.15, 0.2) is 0 Å². The average Bonchev–Trinajstić information content (AvgIpc) is 2.79. The maximum atomic E-state index is 13.1. The molecule has 1 N–H and O–H groups in total. The van der Waals surface area contributed by atoms with Crippen LogP contribution in [0.2, 0.25) is 0 Å². The molecule has 0 aromatic heterocycles. The molecule has 2 aliphatic rings. The monoisotopic (exact) mass is 456 g/mol. The number of urea groups is 1. The molecular formula is C25H36N4O4. The van der Waals surface area contributed by atoms with Crippen LogP contribution in [0.15, 0.2) is 41.6 Å². The lowest BCUT2D eigenvalue weighted by Crippen LogP contribution is -2.53. The number of ether oxygens (including phenoxy) is 1. The van der Waals surface area contributed by atoms with Gasteiger partial charge in [-0.05, 0) is 25.3 Å². The third-order valence-corrected chi connectivity index (χ3v) is 6.06. The minimum Gasteiger partial charge on any atom is -0.463 e. The molecule has 3 amide bonds. The van der Waals surface area contributed by atoms with Crippen LogP contribution in [0.4, 0.5) is 4.79 Å². The molecule has 0 spiro atoms. The number of likely N-dealkylation sites (N-methyl/N-ethyl adjacent to an activating group) is 1. The third-order valence-electron chi connectivity index (χ3n) is 6.06. The molecule has 1 atom stereocenters. The minimum atomic E-state index is -0.565. The maximum absolute atomic E-state index is 13.1. The number of carbonyl (C=O) groups is 3. The lowest BCUT2D eigenvalue weighted by Gasteiger charge is -2.40. The number of rotatable bonds is 8. The van der Waals surface area contributed by atoms with E-state index in [0.717, 1.165) is 5.56 Å². The van der Waals surface area contributed by atoms with E-state index < -0.39 is 12.0 Å². The van der Waals surface area contributed by atoms with Crippen LogP contribution >= 0.6 is 0 Å². The zero-order valence-electron chi connectivity index (χ0n) is 20.2. The summed E-state index contributed by atoms with van der Waals surface area (Å²) in [4.78, 5) is 44.3. The number of benzene rings is 1. The number of piperazine rings is 1. The van der Waals surface area contributed by atoms with E-state index in [2.05, 4.69) is 10.2 Å². The molecule has 1 aromatic carbocycles. The molecule has 180 valence electrons. The molecule has 8 heteroatoms. The van der Waals surface area contributed by atoms with Crippen LogP contribution < -0.4 is 5.32 Å².